The van der Waals surface area contributed by atoms with Gasteiger partial charge in [-0.15, -0.1) is 0 Å². The van der Waals surface area contributed by atoms with Crippen molar-refractivity contribution >= 4 is 21.6 Å². The minimum absolute atomic E-state index is 0.0530. The molecule has 0 saturated heterocycles. The van der Waals surface area contributed by atoms with Gasteiger partial charge in [-0.25, -0.2) is 13.6 Å². The Hall–Kier alpha value is -1.44. The number of aryl methyl sites for hydroxylation is 1. The number of nitrogens with one attached hydrogen (secondary N) is 1. The third-order valence-corrected chi connectivity index (χ3v) is 3.92. The van der Waals surface area contributed by atoms with Crippen LogP contribution in [0.3, 0.4) is 0 Å². The monoisotopic (exact) mass is 299 g/mol. The van der Waals surface area contributed by atoms with Crippen LogP contribution in [0.15, 0.2) is 23.1 Å². The summed E-state index contributed by atoms with van der Waals surface area (Å²) < 4.78 is 22.6. The van der Waals surface area contributed by atoms with Gasteiger partial charge in [-0.1, -0.05) is 26.8 Å². The van der Waals surface area contributed by atoms with Gasteiger partial charge in [-0.2, -0.15) is 0 Å². The Bertz CT molecular complexity index is 618. The van der Waals surface area contributed by atoms with E-state index < -0.39 is 21.5 Å². The second-order valence-corrected chi connectivity index (χ2v) is 7.42. The Labute approximate surface area is 119 Å². The molecular weight excluding hydrogens is 278 g/mol. The molecule has 7 heteroatoms. The molecule has 0 aliphatic carbocycles. The van der Waals surface area contributed by atoms with Gasteiger partial charge in [-0.05, 0) is 30.0 Å². The summed E-state index contributed by atoms with van der Waals surface area (Å²) in [5.41, 5.74) is 6.59. The molecule has 0 unspecified atom stereocenters. The first-order valence-electron chi connectivity index (χ1n) is 6.13. The van der Waals surface area contributed by atoms with E-state index in [2.05, 4.69) is 5.32 Å². The van der Waals surface area contributed by atoms with Gasteiger partial charge in [0.1, 0.15) is 0 Å². The zero-order valence-electron chi connectivity index (χ0n) is 12.1. The second-order valence-electron chi connectivity index (χ2n) is 5.85. The molecule has 20 heavy (non-hydrogen) atoms. The van der Waals surface area contributed by atoms with Crippen molar-refractivity contribution in [2.75, 3.05) is 5.32 Å². The fraction of sp³-hybridized carbons (Fsp3) is 0.462. The van der Waals surface area contributed by atoms with E-state index in [1.165, 1.54) is 12.1 Å². The van der Waals surface area contributed by atoms with Gasteiger partial charge in [0.05, 0.1) is 10.9 Å². The van der Waals surface area contributed by atoms with Crippen LogP contribution >= 0.6 is 0 Å². The molecule has 0 heterocycles. The third kappa shape index (κ3) is 4.03. The van der Waals surface area contributed by atoms with E-state index in [-0.39, 0.29) is 10.8 Å². The molecule has 6 nitrogen and oxygen atoms in total. The lowest BCUT2D eigenvalue weighted by Gasteiger charge is -2.26. The maximum Gasteiger partial charge on any atom is 0.241 e. The van der Waals surface area contributed by atoms with Crippen molar-refractivity contribution in [1.82, 2.24) is 0 Å². The Morgan fingerprint density at radius 2 is 1.85 bits per heavy atom. The molecule has 0 spiro atoms. The van der Waals surface area contributed by atoms with Gasteiger partial charge in [0.25, 0.3) is 0 Å². The summed E-state index contributed by atoms with van der Waals surface area (Å²) >= 11 is 0. The molecule has 0 radical (unpaired) electrons. The van der Waals surface area contributed by atoms with Gasteiger partial charge in [0, 0.05) is 5.69 Å². The largest absolute Gasteiger partial charge is 0.324 e. The fourth-order valence-corrected chi connectivity index (χ4v) is 2.06. The van der Waals surface area contributed by atoms with Crippen molar-refractivity contribution in [3.8, 4) is 0 Å². The molecule has 1 aromatic rings. The number of nitrogens with two attached hydrogens (primary N) is 2. The highest BCUT2D eigenvalue weighted by molar-refractivity contribution is 7.89. The van der Waals surface area contributed by atoms with E-state index in [0.717, 1.165) is 5.56 Å². The molecule has 0 aliphatic rings. The second kappa shape index (κ2) is 5.51. The number of benzene rings is 1. The summed E-state index contributed by atoms with van der Waals surface area (Å²) in [5.74, 6) is -0.368. The number of hydrogen-bond acceptors (Lipinski definition) is 4. The molecule has 1 atom stereocenters. The van der Waals surface area contributed by atoms with Crippen LogP contribution in [0.5, 0.6) is 0 Å². The van der Waals surface area contributed by atoms with Crippen LogP contribution in [-0.4, -0.2) is 20.4 Å². The van der Waals surface area contributed by atoms with Gasteiger partial charge in [0.15, 0.2) is 0 Å². The summed E-state index contributed by atoms with van der Waals surface area (Å²) in [6, 6.07) is 3.60. The molecule has 1 rings (SSSR count). The summed E-state index contributed by atoms with van der Waals surface area (Å²) in [4.78, 5) is 12.0. The minimum atomic E-state index is -3.81. The van der Waals surface area contributed by atoms with Crippen LogP contribution in [0.25, 0.3) is 0 Å². The molecule has 1 amide bonds. The van der Waals surface area contributed by atoms with E-state index >= 15 is 0 Å². The van der Waals surface area contributed by atoms with Crippen molar-refractivity contribution < 1.29 is 13.2 Å². The number of carbonyl (C=O) groups is 1. The average Bonchev–Trinajstić information content (AvgIpc) is 2.28. The highest BCUT2D eigenvalue weighted by atomic mass is 32.2. The fourth-order valence-electron chi connectivity index (χ4n) is 1.52. The van der Waals surface area contributed by atoms with Crippen LogP contribution in [-0.2, 0) is 14.8 Å². The molecule has 112 valence electrons. The summed E-state index contributed by atoms with van der Waals surface area (Å²) in [6.07, 6.45) is 0. The Kier molecular flexibility index (Phi) is 4.58. The van der Waals surface area contributed by atoms with E-state index in [1.807, 2.05) is 20.8 Å². The number of carbonyl (C=O) groups excluding carboxylic acids is 1. The SMILES string of the molecule is Cc1ccc(S(N)(=O)=O)cc1NC(=O)[C@H](N)C(C)(C)C. The molecule has 0 saturated carbocycles. The normalized spacial score (nSPS) is 13.9. The van der Waals surface area contributed by atoms with Crippen LogP contribution < -0.4 is 16.2 Å². The van der Waals surface area contributed by atoms with Crippen LogP contribution in [0.2, 0.25) is 0 Å². The minimum Gasteiger partial charge on any atom is -0.324 e. The number of hydrogen-bond donors (Lipinski definition) is 3. The predicted molar refractivity (Wildman–Crippen MR) is 78.6 cm³/mol. The van der Waals surface area contributed by atoms with Crippen molar-refractivity contribution in [3.05, 3.63) is 23.8 Å². The Morgan fingerprint density at radius 3 is 2.30 bits per heavy atom. The van der Waals surface area contributed by atoms with Gasteiger partial charge in [-0.3, -0.25) is 4.79 Å². The van der Waals surface area contributed by atoms with Crippen molar-refractivity contribution in [3.63, 3.8) is 0 Å². The molecular formula is C13H21N3O3S. The first-order valence-corrected chi connectivity index (χ1v) is 7.67. The van der Waals surface area contributed by atoms with Gasteiger partial charge >= 0.3 is 0 Å². The maximum atomic E-state index is 12.1. The standard InChI is InChI=1S/C13H21N3O3S/c1-8-5-6-9(20(15,18)19)7-10(8)16-12(17)11(14)13(2,3)4/h5-7,11H,14H2,1-4H3,(H,16,17)(H2,15,18,19)/t11-/m0/s1. The summed E-state index contributed by atoms with van der Waals surface area (Å²) in [6.45, 7) is 7.31. The maximum absolute atomic E-state index is 12.1. The third-order valence-electron chi connectivity index (χ3n) is 3.01. The highest BCUT2D eigenvalue weighted by Crippen LogP contribution is 2.22. The van der Waals surface area contributed by atoms with E-state index in [9.17, 15) is 13.2 Å². The van der Waals surface area contributed by atoms with E-state index in [1.54, 1.807) is 13.0 Å². The van der Waals surface area contributed by atoms with Crippen LogP contribution in [0.4, 0.5) is 5.69 Å². The lowest BCUT2D eigenvalue weighted by molar-refractivity contribution is -0.119. The molecule has 1 aromatic carbocycles. The number of amides is 1. The summed E-state index contributed by atoms with van der Waals surface area (Å²) in [7, 11) is -3.81. The van der Waals surface area contributed by atoms with Gasteiger partial charge in [0.2, 0.25) is 15.9 Å². The average molecular weight is 299 g/mol. The van der Waals surface area contributed by atoms with E-state index in [4.69, 9.17) is 10.9 Å². The lowest BCUT2D eigenvalue weighted by atomic mass is 9.87. The quantitative estimate of drug-likeness (QED) is 0.770. The number of rotatable bonds is 3. The molecule has 5 N–H and O–H groups in total. The molecule has 0 fully saturated rings. The first kappa shape index (κ1) is 16.6. The molecule has 0 aliphatic heterocycles. The number of primary sulfonamides is 1. The van der Waals surface area contributed by atoms with Crippen molar-refractivity contribution in [1.29, 1.82) is 0 Å². The lowest BCUT2D eigenvalue weighted by Crippen LogP contribution is -2.45. The number of sulfonamides is 1. The zero-order valence-corrected chi connectivity index (χ0v) is 12.9. The highest BCUT2D eigenvalue weighted by Gasteiger charge is 2.27. The van der Waals surface area contributed by atoms with Gasteiger partial charge < -0.3 is 11.1 Å². The molecule has 0 bridgehead atoms. The number of anilines is 1. The predicted octanol–water partition coefficient (Wildman–Crippen LogP) is 0.954. The Balaban J connectivity index is 3.07. The van der Waals surface area contributed by atoms with Crippen molar-refractivity contribution in [2.45, 2.75) is 38.6 Å². The molecule has 0 aromatic heterocycles. The van der Waals surface area contributed by atoms with E-state index in [0.29, 0.717) is 5.69 Å². The van der Waals surface area contributed by atoms with Crippen LogP contribution in [0.1, 0.15) is 26.3 Å². The summed E-state index contributed by atoms with van der Waals surface area (Å²) in [5, 5.41) is 7.72. The smallest absolute Gasteiger partial charge is 0.241 e. The zero-order chi connectivity index (χ0) is 15.7. The first-order chi connectivity index (χ1) is 8.93. The topological polar surface area (TPSA) is 115 Å². The van der Waals surface area contributed by atoms with Crippen LogP contribution in [0, 0.1) is 12.3 Å². The Morgan fingerprint density at radius 1 is 1.30 bits per heavy atom. The van der Waals surface area contributed by atoms with Crippen molar-refractivity contribution in [2.24, 2.45) is 16.3 Å².